The summed E-state index contributed by atoms with van der Waals surface area (Å²) in [5.41, 5.74) is 0.202. The van der Waals surface area contributed by atoms with Crippen molar-refractivity contribution in [2.24, 2.45) is 0 Å². The van der Waals surface area contributed by atoms with Crippen LogP contribution in [0.5, 0.6) is 17.2 Å². The van der Waals surface area contributed by atoms with Gasteiger partial charge in [0.05, 0.1) is 0 Å². The van der Waals surface area contributed by atoms with Crippen LogP contribution in [0.2, 0.25) is 0 Å². The maximum Gasteiger partial charge on any atom is 0.200 e. The van der Waals surface area contributed by atoms with Gasteiger partial charge in [0.1, 0.15) is 0 Å². The topological polar surface area (TPSA) is 60.7 Å². The smallest absolute Gasteiger partial charge is 0.200 e. The minimum Gasteiger partial charge on any atom is -0.504 e. The number of phenolic OH excluding ortho intramolecular Hbond substituents is 3. The molecule has 1 aromatic carbocycles. The molecule has 0 amide bonds. The van der Waals surface area contributed by atoms with E-state index in [9.17, 15) is 0 Å². The molecule has 1 aromatic rings. The first kappa shape index (κ1) is 6.74. The molecule has 1 rings (SSSR count). The molecule has 3 N–H and O–H groups in total. The first-order chi connectivity index (χ1) is 4.61. The molecule has 10 heavy (non-hydrogen) atoms. The van der Waals surface area contributed by atoms with Crippen LogP contribution < -0.4 is 0 Å². The minimum absolute atomic E-state index is 0.202. The molecule has 0 bridgehead atoms. The van der Waals surface area contributed by atoms with Gasteiger partial charge in [0.25, 0.3) is 0 Å². The summed E-state index contributed by atoms with van der Waals surface area (Å²) in [6, 6.07) is 2.30. The van der Waals surface area contributed by atoms with Crippen LogP contribution in [0, 0.1) is 6.92 Å². The molecular formula is C7H6O3. The molecule has 0 saturated heterocycles. The number of benzene rings is 1. The van der Waals surface area contributed by atoms with Crippen molar-refractivity contribution in [1.82, 2.24) is 0 Å². The van der Waals surface area contributed by atoms with Crippen LogP contribution in [0.25, 0.3) is 0 Å². The molecule has 3 heteroatoms. The van der Waals surface area contributed by atoms with Crippen LogP contribution in [0.1, 0.15) is 5.56 Å². The quantitative estimate of drug-likeness (QED) is 0.466. The second-order valence-corrected chi connectivity index (χ2v) is 1.91. The number of hydrogen-bond acceptors (Lipinski definition) is 3. The van der Waals surface area contributed by atoms with E-state index in [0.717, 1.165) is 12.1 Å². The highest BCUT2D eigenvalue weighted by Gasteiger charge is 2.04. The zero-order chi connectivity index (χ0) is 7.72. The van der Waals surface area contributed by atoms with E-state index in [4.69, 9.17) is 22.2 Å². The highest BCUT2D eigenvalue weighted by Crippen LogP contribution is 2.34. The van der Waals surface area contributed by atoms with Gasteiger partial charge in [-0.3, -0.25) is 0 Å². The van der Waals surface area contributed by atoms with Crippen molar-refractivity contribution in [2.75, 3.05) is 0 Å². The maximum atomic E-state index is 8.79. The molecule has 0 aliphatic heterocycles. The van der Waals surface area contributed by atoms with Crippen molar-refractivity contribution in [3.8, 4) is 17.2 Å². The zero-order valence-electron chi connectivity index (χ0n) is 5.07. The Labute approximate surface area is 58.2 Å². The van der Waals surface area contributed by atoms with Crippen molar-refractivity contribution in [1.29, 1.82) is 0 Å². The van der Waals surface area contributed by atoms with Gasteiger partial charge in [-0.1, -0.05) is 0 Å². The van der Waals surface area contributed by atoms with Crippen molar-refractivity contribution in [2.45, 2.75) is 0 Å². The summed E-state index contributed by atoms with van der Waals surface area (Å²) >= 11 is 0. The first-order valence-electron chi connectivity index (χ1n) is 2.61. The van der Waals surface area contributed by atoms with E-state index in [0.29, 0.717) is 0 Å². The highest BCUT2D eigenvalue weighted by atomic mass is 16.3. The van der Waals surface area contributed by atoms with Crippen molar-refractivity contribution in [3.05, 3.63) is 24.6 Å². The third-order valence-corrected chi connectivity index (χ3v) is 1.09. The van der Waals surface area contributed by atoms with Crippen LogP contribution in [0.15, 0.2) is 12.1 Å². The Kier molecular flexibility index (Phi) is 1.41. The lowest BCUT2D eigenvalue weighted by molar-refractivity contribution is 0.367. The molecule has 0 aliphatic carbocycles. The SMILES string of the molecule is [CH]c1cc(O)c(O)c(O)c1. The predicted octanol–water partition coefficient (Wildman–Crippen LogP) is 0.863. The summed E-state index contributed by atoms with van der Waals surface area (Å²) in [5.74, 6) is -1.39. The monoisotopic (exact) mass is 138 g/mol. The van der Waals surface area contributed by atoms with Gasteiger partial charge in [-0.25, -0.2) is 0 Å². The fourth-order valence-electron chi connectivity index (χ4n) is 0.625. The Morgan fingerprint density at radius 2 is 1.40 bits per heavy atom. The Bertz CT molecular complexity index is 232. The molecule has 0 atom stereocenters. The highest BCUT2D eigenvalue weighted by molar-refractivity contribution is 5.51. The van der Waals surface area contributed by atoms with Gasteiger partial charge in [0.2, 0.25) is 0 Å². The van der Waals surface area contributed by atoms with Crippen molar-refractivity contribution >= 4 is 0 Å². The first-order valence-corrected chi connectivity index (χ1v) is 2.61. The van der Waals surface area contributed by atoms with Gasteiger partial charge in [0.15, 0.2) is 17.2 Å². The van der Waals surface area contributed by atoms with Gasteiger partial charge in [-0.05, 0) is 24.6 Å². The van der Waals surface area contributed by atoms with Crippen molar-refractivity contribution in [3.63, 3.8) is 0 Å². The molecule has 0 fully saturated rings. The third-order valence-electron chi connectivity index (χ3n) is 1.09. The molecule has 52 valence electrons. The van der Waals surface area contributed by atoms with E-state index in [1.807, 2.05) is 0 Å². The lowest BCUT2D eigenvalue weighted by atomic mass is 10.2. The fraction of sp³-hybridized carbons (Fsp3) is 0. The average molecular weight is 138 g/mol. The zero-order valence-corrected chi connectivity index (χ0v) is 5.07. The van der Waals surface area contributed by atoms with E-state index < -0.39 is 17.2 Å². The Morgan fingerprint density at radius 1 is 1.00 bits per heavy atom. The molecule has 0 aliphatic rings. The molecule has 0 spiro atoms. The predicted molar refractivity (Wildman–Crippen MR) is 34.8 cm³/mol. The van der Waals surface area contributed by atoms with Crippen LogP contribution >= 0.6 is 0 Å². The molecule has 0 aromatic heterocycles. The molecule has 2 radical (unpaired) electrons. The summed E-state index contributed by atoms with van der Waals surface area (Å²) in [5, 5.41) is 26.4. The van der Waals surface area contributed by atoms with Gasteiger partial charge in [0, 0.05) is 0 Å². The Hall–Kier alpha value is -1.38. The Balaban J connectivity index is 3.31. The average Bonchev–Trinajstić information content (AvgIpc) is 1.82. The largest absolute Gasteiger partial charge is 0.504 e. The summed E-state index contributed by atoms with van der Waals surface area (Å²) in [6.45, 7) is 5.20. The summed E-state index contributed by atoms with van der Waals surface area (Å²) in [4.78, 5) is 0. The lowest BCUT2D eigenvalue weighted by Gasteiger charge is -2.00. The second kappa shape index (κ2) is 2.10. The second-order valence-electron chi connectivity index (χ2n) is 1.91. The van der Waals surface area contributed by atoms with Crippen LogP contribution in [0.4, 0.5) is 0 Å². The molecule has 0 unspecified atom stereocenters. The normalized spacial score (nSPS) is 9.70. The van der Waals surface area contributed by atoms with Crippen LogP contribution in [0.3, 0.4) is 0 Å². The molecular weight excluding hydrogens is 132 g/mol. The summed E-state index contributed by atoms with van der Waals surface area (Å²) in [7, 11) is 0. The van der Waals surface area contributed by atoms with E-state index in [1.165, 1.54) is 0 Å². The standard InChI is InChI=1S/C7H6O3/c1-4-2-5(8)7(10)6(9)3-4/h1-3,8-10H. The number of hydrogen-bond donors (Lipinski definition) is 3. The number of phenols is 3. The lowest BCUT2D eigenvalue weighted by Crippen LogP contribution is -1.74. The van der Waals surface area contributed by atoms with E-state index in [-0.39, 0.29) is 5.56 Å². The summed E-state index contributed by atoms with van der Waals surface area (Å²) < 4.78 is 0. The van der Waals surface area contributed by atoms with Gasteiger partial charge >= 0.3 is 0 Å². The number of rotatable bonds is 0. The van der Waals surface area contributed by atoms with Crippen LogP contribution in [-0.2, 0) is 0 Å². The van der Waals surface area contributed by atoms with Crippen LogP contribution in [-0.4, -0.2) is 15.3 Å². The Morgan fingerprint density at radius 3 is 1.80 bits per heavy atom. The van der Waals surface area contributed by atoms with Crippen molar-refractivity contribution < 1.29 is 15.3 Å². The fourth-order valence-corrected chi connectivity index (χ4v) is 0.625. The number of aromatic hydroxyl groups is 3. The molecule has 0 heterocycles. The minimum atomic E-state index is -0.547. The van der Waals surface area contributed by atoms with E-state index >= 15 is 0 Å². The van der Waals surface area contributed by atoms with E-state index in [2.05, 4.69) is 0 Å². The molecule has 3 nitrogen and oxygen atoms in total. The maximum absolute atomic E-state index is 8.79. The van der Waals surface area contributed by atoms with Gasteiger partial charge in [-0.2, -0.15) is 0 Å². The third kappa shape index (κ3) is 0.978. The van der Waals surface area contributed by atoms with Gasteiger partial charge < -0.3 is 15.3 Å². The molecule has 0 saturated carbocycles. The summed E-state index contributed by atoms with van der Waals surface area (Å²) in [6.07, 6.45) is 0. The van der Waals surface area contributed by atoms with E-state index in [1.54, 1.807) is 0 Å². The van der Waals surface area contributed by atoms with Gasteiger partial charge in [-0.15, -0.1) is 0 Å².